The Bertz CT molecular complexity index is 615. The highest BCUT2D eigenvalue weighted by Gasteiger charge is 2.34. The number of allylic oxidation sites excluding steroid dienone is 2. The molecule has 0 aliphatic carbocycles. The van der Waals surface area contributed by atoms with Crippen LogP contribution in [0.4, 0.5) is 4.39 Å². The van der Waals surface area contributed by atoms with Crippen molar-refractivity contribution in [2.24, 2.45) is 5.11 Å². The highest BCUT2D eigenvalue weighted by molar-refractivity contribution is 5.26. The summed E-state index contributed by atoms with van der Waals surface area (Å²) in [6.45, 7) is 0.782. The van der Waals surface area contributed by atoms with Crippen molar-refractivity contribution in [1.29, 1.82) is 5.53 Å². The van der Waals surface area contributed by atoms with E-state index < -0.39 is 6.10 Å². The molecule has 2 atom stereocenters. The number of aliphatic hydroxyl groups excluding tert-OH is 1. The standard InChI is InChI=1S/C15H16FN3O2/c16-11-3-1-2-10(6-11)14-7-13(20)8-19(14)12-4-5-15(18-17)21-9-12/h1-6,13-14,17,20H,7-9H2/t13-,14-/m1/s1. The lowest BCUT2D eigenvalue weighted by Crippen LogP contribution is -2.27. The summed E-state index contributed by atoms with van der Waals surface area (Å²) in [5, 5.41) is 13.2. The van der Waals surface area contributed by atoms with Crippen LogP contribution in [0.25, 0.3) is 0 Å². The second kappa shape index (κ2) is 5.65. The predicted molar refractivity (Wildman–Crippen MR) is 73.7 cm³/mol. The van der Waals surface area contributed by atoms with Crippen molar-refractivity contribution in [1.82, 2.24) is 4.90 Å². The fourth-order valence-electron chi connectivity index (χ4n) is 2.82. The molecule has 0 saturated carbocycles. The van der Waals surface area contributed by atoms with Gasteiger partial charge in [0.25, 0.3) is 0 Å². The first-order chi connectivity index (χ1) is 10.2. The maximum atomic E-state index is 13.4. The van der Waals surface area contributed by atoms with Gasteiger partial charge in [0.15, 0.2) is 0 Å². The first-order valence-electron chi connectivity index (χ1n) is 6.78. The molecule has 1 saturated heterocycles. The van der Waals surface area contributed by atoms with Gasteiger partial charge in [-0.15, -0.1) is 5.11 Å². The Kier molecular flexibility index (Phi) is 3.70. The Hall–Kier alpha value is -2.21. The van der Waals surface area contributed by atoms with Gasteiger partial charge in [0.1, 0.15) is 12.4 Å². The summed E-state index contributed by atoms with van der Waals surface area (Å²) in [5.74, 6) is -0.0151. The Morgan fingerprint density at radius 1 is 1.38 bits per heavy atom. The van der Waals surface area contributed by atoms with E-state index in [1.54, 1.807) is 12.1 Å². The Morgan fingerprint density at radius 2 is 2.24 bits per heavy atom. The molecule has 0 radical (unpaired) electrons. The second-order valence-electron chi connectivity index (χ2n) is 5.18. The van der Waals surface area contributed by atoms with E-state index in [4.69, 9.17) is 10.3 Å². The summed E-state index contributed by atoms with van der Waals surface area (Å²) < 4.78 is 18.8. The van der Waals surface area contributed by atoms with Gasteiger partial charge < -0.3 is 14.7 Å². The normalized spacial score (nSPS) is 25.1. The highest BCUT2D eigenvalue weighted by Crippen LogP contribution is 2.36. The molecule has 0 unspecified atom stereocenters. The summed E-state index contributed by atoms with van der Waals surface area (Å²) in [4.78, 5) is 2.02. The number of halogens is 1. The van der Waals surface area contributed by atoms with Crippen molar-refractivity contribution in [2.45, 2.75) is 18.6 Å². The molecule has 2 N–H and O–H groups in total. The molecule has 0 spiro atoms. The fourth-order valence-corrected chi connectivity index (χ4v) is 2.82. The van der Waals surface area contributed by atoms with E-state index in [0.717, 1.165) is 11.3 Å². The molecule has 110 valence electrons. The van der Waals surface area contributed by atoms with E-state index in [1.165, 1.54) is 12.1 Å². The molecule has 1 aromatic rings. The Balaban J connectivity index is 1.88. The summed E-state index contributed by atoms with van der Waals surface area (Å²) in [6, 6.07) is 6.38. The fraction of sp³-hybridized carbons (Fsp3) is 0.333. The number of hydrogen-bond donors (Lipinski definition) is 2. The summed E-state index contributed by atoms with van der Waals surface area (Å²) >= 11 is 0. The molecule has 5 nitrogen and oxygen atoms in total. The molecule has 2 aliphatic heterocycles. The topological polar surface area (TPSA) is 68.9 Å². The van der Waals surface area contributed by atoms with Gasteiger partial charge in [0.05, 0.1) is 17.8 Å². The molecular weight excluding hydrogens is 273 g/mol. The molecule has 1 fully saturated rings. The van der Waals surface area contributed by atoms with E-state index >= 15 is 0 Å². The van der Waals surface area contributed by atoms with Crippen LogP contribution in [0.2, 0.25) is 0 Å². The van der Waals surface area contributed by atoms with E-state index in [0.29, 0.717) is 19.6 Å². The SMILES string of the molecule is N=NC1=CC=C(N2C[C@H](O)C[C@@H]2c2cccc(F)c2)CO1. The zero-order valence-corrected chi connectivity index (χ0v) is 11.4. The third-order valence-electron chi connectivity index (χ3n) is 3.78. The zero-order valence-electron chi connectivity index (χ0n) is 11.4. The van der Waals surface area contributed by atoms with Crippen molar-refractivity contribution < 1.29 is 14.2 Å². The molecule has 1 aromatic carbocycles. The maximum absolute atomic E-state index is 13.4. The smallest absolute Gasteiger partial charge is 0.233 e. The van der Waals surface area contributed by atoms with Gasteiger partial charge >= 0.3 is 0 Å². The van der Waals surface area contributed by atoms with Crippen LogP contribution in [0.15, 0.2) is 53.1 Å². The highest BCUT2D eigenvalue weighted by atomic mass is 19.1. The average Bonchev–Trinajstić information content (AvgIpc) is 2.89. The van der Waals surface area contributed by atoms with Gasteiger partial charge in [-0.25, -0.2) is 9.92 Å². The second-order valence-corrected chi connectivity index (χ2v) is 5.18. The van der Waals surface area contributed by atoms with Crippen LogP contribution >= 0.6 is 0 Å². The van der Waals surface area contributed by atoms with E-state index in [2.05, 4.69) is 5.11 Å². The Labute approximate surface area is 121 Å². The molecule has 21 heavy (non-hydrogen) atoms. The molecular formula is C15H16FN3O2. The molecule has 0 amide bonds. The Morgan fingerprint density at radius 3 is 2.90 bits per heavy atom. The van der Waals surface area contributed by atoms with Gasteiger partial charge in [0, 0.05) is 12.6 Å². The van der Waals surface area contributed by atoms with Crippen molar-refractivity contribution in [2.75, 3.05) is 13.2 Å². The molecule has 0 bridgehead atoms. The van der Waals surface area contributed by atoms with E-state index in [1.807, 2.05) is 17.0 Å². The number of nitrogens with one attached hydrogen (secondary N) is 1. The minimum absolute atomic E-state index is 0.0755. The molecule has 0 aromatic heterocycles. The van der Waals surface area contributed by atoms with Crippen molar-refractivity contribution in [3.8, 4) is 0 Å². The largest absolute Gasteiger partial charge is 0.470 e. The number of likely N-dealkylation sites (tertiary alicyclic amines) is 1. The van der Waals surface area contributed by atoms with Crippen molar-refractivity contribution in [3.63, 3.8) is 0 Å². The van der Waals surface area contributed by atoms with Gasteiger partial charge in [-0.3, -0.25) is 0 Å². The third-order valence-corrected chi connectivity index (χ3v) is 3.78. The molecule has 3 rings (SSSR count). The van der Waals surface area contributed by atoms with Crippen LogP contribution in [-0.2, 0) is 4.74 Å². The lowest BCUT2D eigenvalue weighted by Gasteiger charge is -2.30. The van der Waals surface area contributed by atoms with Gasteiger partial charge in [-0.2, -0.15) is 0 Å². The van der Waals surface area contributed by atoms with Crippen molar-refractivity contribution >= 4 is 0 Å². The quantitative estimate of drug-likeness (QED) is 0.841. The minimum atomic E-state index is -0.453. The zero-order chi connectivity index (χ0) is 14.8. The molecule has 2 heterocycles. The third kappa shape index (κ3) is 2.80. The summed E-state index contributed by atoms with van der Waals surface area (Å²) in [7, 11) is 0. The number of aliphatic hydroxyl groups is 1. The summed E-state index contributed by atoms with van der Waals surface area (Å²) in [6.07, 6.45) is 3.56. The lowest BCUT2D eigenvalue weighted by atomic mass is 10.0. The number of ether oxygens (including phenoxy) is 1. The number of hydrogen-bond acceptors (Lipinski definition) is 5. The van der Waals surface area contributed by atoms with Crippen LogP contribution in [0.5, 0.6) is 0 Å². The first kappa shape index (κ1) is 13.8. The van der Waals surface area contributed by atoms with Crippen LogP contribution in [0, 0.1) is 11.3 Å². The van der Waals surface area contributed by atoms with Crippen LogP contribution < -0.4 is 0 Å². The van der Waals surface area contributed by atoms with Gasteiger partial charge in [-0.05, 0) is 30.2 Å². The number of rotatable bonds is 3. The number of nitrogens with zero attached hydrogens (tertiary/aromatic N) is 2. The van der Waals surface area contributed by atoms with Crippen LogP contribution in [0.3, 0.4) is 0 Å². The predicted octanol–water partition coefficient (Wildman–Crippen LogP) is 2.72. The van der Waals surface area contributed by atoms with Crippen molar-refractivity contribution in [3.05, 3.63) is 59.4 Å². The van der Waals surface area contributed by atoms with Gasteiger partial charge in [-0.1, -0.05) is 12.1 Å². The monoisotopic (exact) mass is 289 g/mol. The molecule has 6 heteroatoms. The van der Waals surface area contributed by atoms with E-state index in [9.17, 15) is 9.50 Å². The first-order valence-corrected chi connectivity index (χ1v) is 6.78. The number of benzene rings is 1. The number of β-amino-alcohol motifs (C(OH)–C–C–N with tert-alkyl or cyclic N) is 1. The van der Waals surface area contributed by atoms with Crippen LogP contribution in [-0.4, -0.2) is 29.3 Å². The summed E-state index contributed by atoms with van der Waals surface area (Å²) in [5.41, 5.74) is 8.65. The maximum Gasteiger partial charge on any atom is 0.233 e. The molecule has 2 aliphatic rings. The van der Waals surface area contributed by atoms with Gasteiger partial charge in [0.2, 0.25) is 5.88 Å². The van der Waals surface area contributed by atoms with Crippen LogP contribution in [0.1, 0.15) is 18.0 Å². The lowest BCUT2D eigenvalue weighted by molar-refractivity contribution is 0.164. The minimum Gasteiger partial charge on any atom is -0.470 e. The van der Waals surface area contributed by atoms with E-state index in [-0.39, 0.29) is 17.7 Å². The average molecular weight is 289 g/mol.